The Morgan fingerprint density at radius 2 is 1.75 bits per heavy atom. The van der Waals surface area contributed by atoms with Gasteiger partial charge in [0.15, 0.2) is 0 Å². The summed E-state index contributed by atoms with van der Waals surface area (Å²) in [4.78, 5) is 0.0493. The molecule has 0 spiro atoms. The molecule has 2 aromatic rings. The number of sulfonamides is 1. The van der Waals surface area contributed by atoms with Crippen LogP contribution < -0.4 is 4.72 Å². The van der Waals surface area contributed by atoms with Gasteiger partial charge in [-0.15, -0.1) is 0 Å². The van der Waals surface area contributed by atoms with Crippen LogP contribution in [0, 0.1) is 19.7 Å². The maximum absolute atomic E-state index is 13.0. The minimum Gasteiger partial charge on any atom is -0.279 e. The Labute approximate surface area is 122 Å². The molecule has 0 bridgehead atoms. The molecule has 0 amide bonds. The highest BCUT2D eigenvalue weighted by Crippen LogP contribution is 2.24. The molecule has 20 heavy (non-hydrogen) atoms. The summed E-state index contributed by atoms with van der Waals surface area (Å²) in [6, 6.07) is 8.41. The molecular weight excluding hydrogens is 301 g/mol. The Bertz CT molecular complexity index is 760. The van der Waals surface area contributed by atoms with E-state index in [-0.39, 0.29) is 4.90 Å². The summed E-state index contributed by atoms with van der Waals surface area (Å²) >= 11 is 5.83. The van der Waals surface area contributed by atoms with Crippen molar-refractivity contribution in [3.63, 3.8) is 0 Å². The Balaban J connectivity index is 2.41. The van der Waals surface area contributed by atoms with Crippen molar-refractivity contribution in [3.8, 4) is 0 Å². The maximum atomic E-state index is 13.0. The summed E-state index contributed by atoms with van der Waals surface area (Å²) in [6.07, 6.45) is 0. The third-order valence-corrected chi connectivity index (χ3v) is 4.62. The van der Waals surface area contributed by atoms with Gasteiger partial charge in [-0.3, -0.25) is 4.72 Å². The highest BCUT2D eigenvalue weighted by molar-refractivity contribution is 7.92. The van der Waals surface area contributed by atoms with Gasteiger partial charge < -0.3 is 0 Å². The van der Waals surface area contributed by atoms with Crippen LogP contribution >= 0.6 is 11.6 Å². The van der Waals surface area contributed by atoms with Crippen molar-refractivity contribution in [3.05, 3.63) is 58.4 Å². The maximum Gasteiger partial charge on any atom is 0.262 e. The molecule has 106 valence electrons. The Kier molecular flexibility index (Phi) is 4.01. The summed E-state index contributed by atoms with van der Waals surface area (Å²) < 4.78 is 40.1. The molecule has 0 radical (unpaired) electrons. The molecule has 1 N–H and O–H groups in total. The first-order valence-electron chi connectivity index (χ1n) is 5.85. The molecule has 0 aliphatic rings. The monoisotopic (exact) mass is 313 g/mol. The van der Waals surface area contributed by atoms with Crippen molar-refractivity contribution in [2.75, 3.05) is 4.72 Å². The van der Waals surface area contributed by atoms with Crippen molar-refractivity contribution in [1.82, 2.24) is 0 Å². The molecule has 0 aliphatic heterocycles. The van der Waals surface area contributed by atoms with Crippen molar-refractivity contribution in [2.45, 2.75) is 18.7 Å². The molecule has 0 aromatic heterocycles. The number of rotatable bonds is 3. The zero-order valence-corrected chi connectivity index (χ0v) is 12.5. The first-order valence-corrected chi connectivity index (χ1v) is 7.71. The largest absolute Gasteiger partial charge is 0.279 e. The number of hydrogen-bond donors (Lipinski definition) is 1. The fraction of sp³-hybridized carbons (Fsp3) is 0.143. The molecule has 2 rings (SSSR count). The molecule has 3 nitrogen and oxygen atoms in total. The van der Waals surface area contributed by atoms with Crippen LogP contribution in [0.25, 0.3) is 0 Å². The van der Waals surface area contributed by atoms with E-state index < -0.39 is 15.8 Å². The van der Waals surface area contributed by atoms with E-state index in [4.69, 9.17) is 11.6 Å². The van der Waals surface area contributed by atoms with Gasteiger partial charge in [0, 0.05) is 5.02 Å². The lowest BCUT2D eigenvalue weighted by atomic mass is 10.2. The van der Waals surface area contributed by atoms with Crippen LogP contribution in [-0.4, -0.2) is 8.42 Å². The van der Waals surface area contributed by atoms with Crippen LogP contribution in [-0.2, 0) is 10.0 Å². The zero-order valence-electron chi connectivity index (χ0n) is 10.9. The SMILES string of the molecule is Cc1cc(Cl)ccc1NS(=O)(=O)c1ccc(F)cc1C. The molecule has 0 atom stereocenters. The van der Waals surface area contributed by atoms with E-state index in [1.165, 1.54) is 12.1 Å². The molecule has 0 saturated heterocycles. The van der Waals surface area contributed by atoms with Crippen molar-refractivity contribution in [2.24, 2.45) is 0 Å². The normalized spacial score (nSPS) is 11.4. The summed E-state index contributed by atoms with van der Waals surface area (Å²) in [5, 5.41) is 0.531. The van der Waals surface area contributed by atoms with Gasteiger partial charge in [0.2, 0.25) is 0 Å². The highest BCUT2D eigenvalue weighted by atomic mass is 35.5. The van der Waals surface area contributed by atoms with Gasteiger partial charge in [0.25, 0.3) is 10.0 Å². The predicted molar refractivity (Wildman–Crippen MR) is 78.1 cm³/mol. The van der Waals surface area contributed by atoms with E-state index in [2.05, 4.69) is 4.72 Å². The lowest BCUT2D eigenvalue weighted by Crippen LogP contribution is -2.15. The third-order valence-electron chi connectivity index (χ3n) is 2.86. The number of nitrogens with one attached hydrogen (secondary N) is 1. The smallest absolute Gasteiger partial charge is 0.262 e. The van der Waals surface area contributed by atoms with Gasteiger partial charge >= 0.3 is 0 Å². The quantitative estimate of drug-likeness (QED) is 0.934. The van der Waals surface area contributed by atoms with Crippen LogP contribution in [0.5, 0.6) is 0 Å². The number of aryl methyl sites for hydroxylation is 2. The number of halogens is 2. The summed E-state index contributed by atoms with van der Waals surface area (Å²) in [7, 11) is -3.76. The molecule has 0 heterocycles. The second kappa shape index (κ2) is 5.42. The van der Waals surface area contributed by atoms with Gasteiger partial charge in [-0.1, -0.05) is 11.6 Å². The standard InChI is InChI=1S/C14H13ClFNO2S/c1-9-7-11(15)3-5-13(9)17-20(18,19)14-6-4-12(16)8-10(14)2/h3-8,17H,1-2H3. The molecule has 0 unspecified atom stereocenters. The van der Waals surface area contributed by atoms with Crippen LogP contribution in [0.2, 0.25) is 5.02 Å². The summed E-state index contributed by atoms with van der Waals surface area (Å²) in [5.74, 6) is -0.468. The Morgan fingerprint density at radius 1 is 1.05 bits per heavy atom. The van der Waals surface area contributed by atoms with E-state index in [9.17, 15) is 12.8 Å². The average molecular weight is 314 g/mol. The topological polar surface area (TPSA) is 46.2 Å². The second-order valence-electron chi connectivity index (χ2n) is 4.47. The molecule has 2 aromatic carbocycles. The van der Waals surface area contributed by atoms with Gasteiger partial charge in [-0.05, 0) is 61.4 Å². The first-order chi connectivity index (χ1) is 9.29. The van der Waals surface area contributed by atoms with Gasteiger partial charge in [-0.2, -0.15) is 0 Å². The molecular formula is C14H13ClFNO2S. The number of anilines is 1. The van der Waals surface area contributed by atoms with E-state index in [1.807, 2.05) is 0 Å². The number of hydrogen-bond acceptors (Lipinski definition) is 2. The van der Waals surface area contributed by atoms with Gasteiger partial charge in [0.1, 0.15) is 5.82 Å². The van der Waals surface area contributed by atoms with Crippen molar-refractivity contribution in [1.29, 1.82) is 0 Å². The van der Waals surface area contributed by atoms with E-state index in [0.29, 0.717) is 21.8 Å². The molecule has 0 fully saturated rings. The van der Waals surface area contributed by atoms with Crippen LogP contribution in [0.1, 0.15) is 11.1 Å². The second-order valence-corrected chi connectivity index (χ2v) is 6.56. The molecule has 0 saturated carbocycles. The minimum absolute atomic E-state index is 0.0493. The molecule has 0 aliphatic carbocycles. The summed E-state index contributed by atoms with van der Waals surface area (Å²) in [5.41, 5.74) is 1.50. The van der Waals surface area contributed by atoms with Crippen molar-refractivity contribution < 1.29 is 12.8 Å². The van der Waals surface area contributed by atoms with Gasteiger partial charge in [-0.25, -0.2) is 12.8 Å². The Hall–Kier alpha value is -1.59. The van der Waals surface area contributed by atoms with E-state index in [1.54, 1.807) is 32.0 Å². The third kappa shape index (κ3) is 3.11. The van der Waals surface area contributed by atoms with E-state index in [0.717, 1.165) is 6.07 Å². The van der Waals surface area contributed by atoms with E-state index >= 15 is 0 Å². The van der Waals surface area contributed by atoms with Crippen LogP contribution in [0.3, 0.4) is 0 Å². The first kappa shape index (κ1) is 14.8. The Morgan fingerprint density at radius 3 is 2.35 bits per heavy atom. The highest BCUT2D eigenvalue weighted by Gasteiger charge is 2.18. The minimum atomic E-state index is -3.76. The fourth-order valence-electron chi connectivity index (χ4n) is 1.86. The molecule has 6 heteroatoms. The zero-order chi connectivity index (χ0) is 14.9. The number of benzene rings is 2. The van der Waals surface area contributed by atoms with Crippen molar-refractivity contribution >= 4 is 27.3 Å². The predicted octanol–water partition coefficient (Wildman–Crippen LogP) is 3.90. The summed E-state index contributed by atoms with van der Waals surface area (Å²) in [6.45, 7) is 3.30. The fourth-order valence-corrected chi connectivity index (χ4v) is 3.44. The average Bonchev–Trinajstić information content (AvgIpc) is 2.32. The lowest BCUT2D eigenvalue weighted by molar-refractivity contribution is 0.598. The van der Waals surface area contributed by atoms with Crippen LogP contribution in [0.15, 0.2) is 41.3 Å². The van der Waals surface area contributed by atoms with Gasteiger partial charge in [0.05, 0.1) is 10.6 Å². The lowest BCUT2D eigenvalue weighted by Gasteiger charge is -2.12. The van der Waals surface area contributed by atoms with Crippen LogP contribution in [0.4, 0.5) is 10.1 Å².